The smallest absolute Gasteiger partial charge is 0.333 e. The van der Waals surface area contributed by atoms with Crippen molar-refractivity contribution in [2.24, 2.45) is 46.3 Å². The number of esters is 1. The lowest BCUT2D eigenvalue weighted by Crippen LogP contribution is -2.38. The highest BCUT2D eigenvalue weighted by Gasteiger charge is 3.08. The van der Waals surface area contributed by atoms with E-state index < -0.39 is 0 Å². The molecule has 8 unspecified atom stereocenters. The Morgan fingerprint density at radius 3 is 2.75 bits per heavy atom. The number of ether oxygens (including phenoxy) is 1. The molecule has 6 fully saturated rings. The van der Waals surface area contributed by atoms with Crippen LogP contribution in [-0.2, 0) is 9.53 Å². The zero-order valence-corrected chi connectivity index (χ0v) is 9.27. The van der Waals surface area contributed by atoms with E-state index in [0.717, 1.165) is 40.6 Å². The second-order valence-corrected chi connectivity index (χ2v) is 6.87. The molecule has 2 heteroatoms. The summed E-state index contributed by atoms with van der Waals surface area (Å²) in [5.74, 6) is 5.56. The minimum atomic E-state index is -0.0383. The molecule has 0 aliphatic heterocycles. The molecule has 2 nitrogen and oxygen atoms in total. The quantitative estimate of drug-likeness (QED) is 0.620. The van der Waals surface area contributed by atoms with Crippen LogP contribution in [0.5, 0.6) is 0 Å². The van der Waals surface area contributed by atoms with Crippen LogP contribution < -0.4 is 0 Å². The molecule has 0 amide bonds. The van der Waals surface area contributed by atoms with Gasteiger partial charge in [-0.1, -0.05) is 6.08 Å². The maximum atomic E-state index is 11.8. The van der Waals surface area contributed by atoms with E-state index in [9.17, 15) is 4.79 Å². The second-order valence-electron chi connectivity index (χ2n) is 6.87. The van der Waals surface area contributed by atoms with Gasteiger partial charge in [0.15, 0.2) is 0 Å². The number of hydrogen-bond acceptors (Lipinski definition) is 2. The van der Waals surface area contributed by atoms with Gasteiger partial charge >= 0.3 is 5.97 Å². The van der Waals surface area contributed by atoms with E-state index in [1.165, 1.54) is 20.0 Å². The van der Waals surface area contributed by atoms with Crippen LogP contribution in [0.3, 0.4) is 0 Å². The maximum Gasteiger partial charge on any atom is 0.333 e. The number of carbonyl (C=O) groups is 1. The van der Waals surface area contributed by atoms with E-state index in [4.69, 9.17) is 4.74 Å². The third-order valence-corrected chi connectivity index (χ3v) is 7.48. The van der Waals surface area contributed by atoms with Crippen molar-refractivity contribution in [3.8, 4) is 0 Å². The van der Waals surface area contributed by atoms with Crippen molar-refractivity contribution >= 4 is 5.97 Å². The van der Waals surface area contributed by atoms with Crippen LogP contribution in [0.15, 0.2) is 11.6 Å². The summed E-state index contributed by atoms with van der Waals surface area (Å²) in [4.78, 5) is 11.8. The van der Waals surface area contributed by atoms with Crippen molar-refractivity contribution in [3.05, 3.63) is 11.6 Å². The molecular weight excluding hydrogens is 200 g/mol. The Labute approximate surface area is 94.0 Å². The monoisotopic (exact) mass is 214 g/mol. The van der Waals surface area contributed by atoms with Crippen molar-refractivity contribution in [2.75, 3.05) is 7.11 Å². The van der Waals surface area contributed by atoms with E-state index in [0.29, 0.717) is 11.3 Å². The molecule has 0 aromatic rings. The zero-order chi connectivity index (χ0) is 10.4. The summed E-state index contributed by atoms with van der Waals surface area (Å²) in [5, 5.41) is 0. The Bertz CT molecular complexity index is 509. The Morgan fingerprint density at radius 2 is 2.06 bits per heavy atom. The van der Waals surface area contributed by atoms with Crippen LogP contribution in [-0.4, -0.2) is 13.1 Å². The van der Waals surface area contributed by atoms with Gasteiger partial charge < -0.3 is 4.74 Å². The van der Waals surface area contributed by atoms with Gasteiger partial charge in [-0.2, -0.15) is 0 Å². The lowest BCUT2D eigenvalue weighted by Gasteiger charge is -2.39. The van der Waals surface area contributed by atoms with Crippen LogP contribution in [0.1, 0.15) is 12.8 Å². The Kier molecular flexibility index (Phi) is 0.758. The molecular formula is C14H14O2. The molecule has 7 aliphatic rings. The molecule has 0 radical (unpaired) electrons. The summed E-state index contributed by atoms with van der Waals surface area (Å²) in [6.45, 7) is 0. The third-order valence-electron chi connectivity index (χ3n) is 7.48. The van der Waals surface area contributed by atoms with E-state index in [2.05, 4.69) is 6.08 Å². The van der Waals surface area contributed by atoms with Gasteiger partial charge in [-0.15, -0.1) is 0 Å². The summed E-state index contributed by atoms with van der Waals surface area (Å²) in [7, 11) is 1.52. The molecule has 16 heavy (non-hydrogen) atoms. The van der Waals surface area contributed by atoms with Crippen molar-refractivity contribution in [2.45, 2.75) is 12.8 Å². The first-order valence-corrected chi connectivity index (χ1v) is 6.59. The summed E-state index contributed by atoms with van der Waals surface area (Å²) in [6, 6.07) is 0. The van der Waals surface area contributed by atoms with Crippen molar-refractivity contribution in [3.63, 3.8) is 0 Å². The summed E-state index contributed by atoms with van der Waals surface area (Å²) in [6.07, 6.45) is 5.08. The minimum Gasteiger partial charge on any atom is -0.466 e. The molecule has 2 spiro atoms. The third kappa shape index (κ3) is 0.358. The molecule has 0 N–H and O–H groups in total. The van der Waals surface area contributed by atoms with Gasteiger partial charge in [0.25, 0.3) is 0 Å². The van der Waals surface area contributed by atoms with E-state index in [1.807, 2.05) is 0 Å². The zero-order valence-electron chi connectivity index (χ0n) is 9.27. The second kappa shape index (κ2) is 1.61. The Hall–Kier alpha value is -0.790. The standard InChI is InChI=1S/C14H14O2/c1-16-12(15)6-2-5-3-7(6)14-9-4-8-10(11(9)14)13(5,8)14/h2,5,7-11H,3-4H2,1H3. The van der Waals surface area contributed by atoms with Crippen LogP contribution in [0.2, 0.25) is 0 Å². The molecule has 8 atom stereocenters. The fourth-order valence-corrected chi connectivity index (χ4v) is 7.73. The predicted molar refractivity (Wildman–Crippen MR) is 55.1 cm³/mol. The van der Waals surface area contributed by atoms with Crippen LogP contribution in [0, 0.1) is 46.3 Å². The summed E-state index contributed by atoms with van der Waals surface area (Å²) in [5.41, 5.74) is 2.44. The minimum absolute atomic E-state index is 0.0383. The summed E-state index contributed by atoms with van der Waals surface area (Å²) >= 11 is 0. The SMILES string of the molecule is COC(=O)C1=CC2CC1C13C4CC5C(C41)C253. The van der Waals surface area contributed by atoms with Gasteiger partial charge in [0.05, 0.1) is 7.11 Å². The largest absolute Gasteiger partial charge is 0.466 e. The average Bonchev–Trinajstić information content (AvgIpc) is 2.78. The van der Waals surface area contributed by atoms with Gasteiger partial charge in [0, 0.05) is 5.57 Å². The first kappa shape index (κ1) is 7.52. The number of fused-ring (bicyclic) bond motifs is 2. The van der Waals surface area contributed by atoms with Crippen LogP contribution in [0.4, 0.5) is 0 Å². The summed E-state index contributed by atoms with van der Waals surface area (Å²) < 4.78 is 4.95. The van der Waals surface area contributed by atoms with Crippen molar-refractivity contribution in [1.82, 2.24) is 0 Å². The highest BCUT2D eigenvalue weighted by atomic mass is 16.5. The number of methoxy groups -OCH3 is 1. The van der Waals surface area contributed by atoms with Crippen LogP contribution in [0.25, 0.3) is 0 Å². The number of carbonyl (C=O) groups excluding carboxylic acids is 1. The molecule has 0 saturated heterocycles. The van der Waals surface area contributed by atoms with Gasteiger partial charge in [-0.25, -0.2) is 4.79 Å². The fraction of sp³-hybridized carbons (Fsp3) is 0.786. The van der Waals surface area contributed by atoms with Gasteiger partial charge in [-0.3, -0.25) is 0 Å². The predicted octanol–water partition coefficient (Wildman–Crippen LogP) is 1.62. The molecule has 4 bridgehead atoms. The number of hydrogen-bond donors (Lipinski definition) is 0. The highest BCUT2D eigenvalue weighted by Crippen LogP contribution is 3.11. The number of rotatable bonds is 1. The molecule has 7 rings (SSSR count). The topological polar surface area (TPSA) is 26.3 Å². The van der Waals surface area contributed by atoms with E-state index >= 15 is 0 Å². The van der Waals surface area contributed by atoms with E-state index in [-0.39, 0.29) is 5.97 Å². The molecule has 82 valence electrons. The molecule has 7 aliphatic carbocycles. The van der Waals surface area contributed by atoms with Gasteiger partial charge in [0.2, 0.25) is 0 Å². The molecule has 0 aromatic carbocycles. The van der Waals surface area contributed by atoms with Crippen molar-refractivity contribution in [1.29, 1.82) is 0 Å². The van der Waals surface area contributed by atoms with Crippen LogP contribution >= 0.6 is 0 Å². The van der Waals surface area contributed by atoms with Gasteiger partial charge in [-0.05, 0) is 59.2 Å². The maximum absolute atomic E-state index is 11.8. The Balaban J connectivity index is 1.57. The Morgan fingerprint density at radius 1 is 1.31 bits per heavy atom. The highest BCUT2D eigenvalue weighted by molar-refractivity contribution is 5.91. The van der Waals surface area contributed by atoms with Gasteiger partial charge in [0.1, 0.15) is 0 Å². The first-order chi connectivity index (χ1) is 7.79. The molecule has 0 heterocycles. The van der Waals surface area contributed by atoms with E-state index in [1.54, 1.807) is 0 Å². The fourth-order valence-electron chi connectivity index (χ4n) is 7.73. The first-order valence-electron chi connectivity index (χ1n) is 6.59. The molecule has 0 aromatic heterocycles. The average molecular weight is 214 g/mol. The molecule has 6 saturated carbocycles. The lowest BCUT2D eigenvalue weighted by molar-refractivity contribution is -0.137. The number of allylic oxidation sites excluding steroid dienone is 1. The van der Waals surface area contributed by atoms with Crippen molar-refractivity contribution < 1.29 is 9.53 Å². The normalized spacial score (nSPS) is 72.7. The lowest BCUT2D eigenvalue weighted by atomic mass is 9.64.